The maximum atomic E-state index is 15.2. The zero-order valence-electron chi connectivity index (χ0n) is 25.3. The van der Waals surface area contributed by atoms with Crippen LogP contribution in [0.25, 0.3) is 21.5 Å². The second-order valence-electron chi connectivity index (χ2n) is 12.9. The van der Waals surface area contributed by atoms with Crippen molar-refractivity contribution < 1.29 is 22.1 Å². The van der Waals surface area contributed by atoms with E-state index in [1.165, 1.54) is 21.7 Å². The lowest BCUT2D eigenvalue weighted by atomic mass is 9.77. The van der Waals surface area contributed by atoms with Crippen molar-refractivity contribution in [1.29, 1.82) is 0 Å². The second kappa shape index (κ2) is 12.3. The Bertz CT molecular complexity index is 1940. The molecule has 4 aromatic rings. The van der Waals surface area contributed by atoms with Crippen LogP contribution in [0.2, 0.25) is 10.0 Å². The minimum absolute atomic E-state index is 0.0457. The van der Waals surface area contributed by atoms with Crippen LogP contribution in [0, 0.1) is 5.82 Å². The van der Waals surface area contributed by atoms with Crippen LogP contribution in [0.4, 0.5) is 9.52 Å². The lowest BCUT2D eigenvalue weighted by Gasteiger charge is -2.55. The molecule has 2 aliphatic carbocycles. The zero-order valence-corrected chi connectivity index (χ0v) is 28.5. The monoisotopic (exact) mass is 718 g/mol. The van der Waals surface area contributed by atoms with E-state index in [1.54, 1.807) is 12.1 Å². The predicted octanol–water partition coefficient (Wildman–Crippen LogP) is 6.63. The average Bonchev–Trinajstić information content (AvgIpc) is 3.67. The van der Waals surface area contributed by atoms with Gasteiger partial charge in [-0.1, -0.05) is 52.2 Å². The van der Waals surface area contributed by atoms with Gasteiger partial charge in [-0.25, -0.2) is 14.1 Å². The van der Waals surface area contributed by atoms with Crippen molar-refractivity contribution >= 4 is 66.0 Å². The lowest BCUT2D eigenvalue weighted by Crippen LogP contribution is -2.64. The molecule has 5 heterocycles. The minimum atomic E-state index is -3.99. The van der Waals surface area contributed by atoms with Gasteiger partial charge in [0.25, 0.3) is 5.91 Å². The van der Waals surface area contributed by atoms with Gasteiger partial charge in [-0.15, -0.1) is 0 Å². The van der Waals surface area contributed by atoms with E-state index >= 15 is 4.39 Å². The Kier molecular flexibility index (Phi) is 8.21. The molecule has 3 saturated heterocycles. The fourth-order valence-electron chi connectivity index (χ4n) is 7.24. The van der Waals surface area contributed by atoms with Crippen LogP contribution >= 0.6 is 34.5 Å². The van der Waals surface area contributed by atoms with Crippen LogP contribution in [-0.4, -0.2) is 60.0 Å². The average molecular weight is 720 g/mol. The van der Waals surface area contributed by atoms with E-state index in [2.05, 4.69) is 25.1 Å². The summed E-state index contributed by atoms with van der Waals surface area (Å²) < 4.78 is 50.4. The third-order valence-corrected chi connectivity index (χ3v) is 12.9. The number of halogens is 3. The van der Waals surface area contributed by atoms with Crippen molar-refractivity contribution in [3.63, 3.8) is 0 Å². The number of hydrogen-bond donors (Lipinski definition) is 2. The summed E-state index contributed by atoms with van der Waals surface area (Å²) in [6, 6.07) is 8.76. The van der Waals surface area contributed by atoms with Gasteiger partial charge in [0.1, 0.15) is 17.0 Å². The number of benzene rings is 2. The summed E-state index contributed by atoms with van der Waals surface area (Å²) in [4.78, 5) is 19.8. The number of nitrogens with one attached hydrogen (secondary N) is 2. The third-order valence-electron chi connectivity index (χ3n) is 9.77. The Morgan fingerprint density at radius 1 is 1.06 bits per heavy atom. The largest absolute Gasteiger partial charge is 0.360 e. The van der Waals surface area contributed by atoms with E-state index in [9.17, 15) is 13.2 Å². The molecule has 2 aromatic heterocycles. The molecule has 2 aromatic carbocycles. The highest BCUT2D eigenvalue weighted by Gasteiger charge is 2.47. The highest BCUT2D eigenvalue weighted by molar-refractivity contribution is 7.87. The first-order valence-corrected chi connectivity index (χ1v) is 19.0. The summed E-state index contributed by atoms with van der Waals surface area (Å²) >= 11 is 14.4. The maximum absolute atomic E-state index is 15.2. The van der Waals surface area contributed by atoms with Gasteiger partial charge < -0.3 is 14.7 Å². The number of fused-ring (bicyclic) bond motifs is 3. The Labute approximate surface area is 285 Å². The van der Waals surface area contributed by atoms with Crippen LogP contribution in [0.5, 0.6) is 0 Å². The standard InChI is InChI=1S/C32H33Cl2FN6O4S2/c33-23-5-4-6-24(34)27(23)28-22(30(45-38-28)17-7-8-17)16-36-19-13-20-15-21(14-19)41(20)32-37-29-25(35)11-18(12-26(29)46-32)31(42)39-47(43,44)40-9-2-1-3-10-40/h4-6,11-12,17,19-21,36H,1-3,7-10,13-16H2,(H,39,42). The number of rotatable bonds is 9. The molecule has 248 valence electrons. The number of carbonyl (C=O) groups is 1. The summed E-state index contributed by atoms with van der Waals surface area (Å²) in [5.41, 5.74) is 2.52. The van der Waals surface area contributed by atoms with E-state index in [0.29, 0.717) is 56.7 Å². The molecule has 10 nitrogen and oxygen atoms in total. The smallest absolute Gasteiger partial charge is 0.304 e. The SMILES string of the molecule is O=C(NS(=O)(=O)N1CCCCC1)c1cc(F)c2nc(N3C4CC(NCc5c(-c6c(Cl)cccc6Cl)noc5C5CC5)CC3C4)sc2c1. The van der Waals surface area contributed by atoms with Crippen molar-refractivity contribution in [2.45, 2.75) is 82.0 Å². The van der Waals surface area contributed by atoms with Crippen molar-refractivity contribution in [3.05, 3.63) is 63.1 Å². The molecule has 0 radical (unpaired) electrons. The summed E-state index contributed by atoms with van der Waals surface area (Å²) in [5, 5.41) is 9.92. The van der Waals surface area contributed by atoms with Gasteiger partial charge in [0.2, 0.25) is 0 Å². The molecule has 9 rings (SSSR count). The Morgan fingerprint density at radius 3 is 2.49 bits per heavy atom. The van der Waals surface area contributed by atoms with Gasteiger partial charge in [-0.05, 0) is 69.2 Å². The number of anilines is 1. The number of hydrogen-bond acceptors (Lipinski definition) is 9. The molecule has 0 spiro atoms. The van der Waals surface area contributed by atoms with Gasteiger partial charge in [0.05, 0.1) is 14.7 Å². The summed E-state index contributed by atoms with van der Waals surface area (Å²) in [5.74, 6) is -0.224. The van der Waals surface area contributed by atoms with Crippen molar-refractivity contribution in [1.82, 2.24) is 24.5 Å². The molecule has 2 N–H and O–H groups in total. The normalized spacial score (nSPS) is 23.2. The highest BCUT2D eigenvalue weighted by atomic mass is 35.5. The van der Waals surface area contributed by atoms with Crippen molar-refractivity contribution in [3.8, 4) is 11.3 Å². The highest BCUT2D eigenvalue weighted by Crippen LogP contribution is 2.47. The van der Waals surface area contributed by atoms with Crippen LogP contribution in [0.1, 0.15) is 79.0 Å². The number of amides is 1. The zero-order chi connectivity index (χ0) is 32.4. The molecule has 5 fully saturated rings. The lowest BCUT2D eigenvalue weighted by molar-refractivity contribution is 0.0978. The Hall–Kier alpha value is -2.81. The third kappa shape index (κ3) is 5.93. The molecule has 47 heavy (non-hydrogen) atoms. The summed E-state index contributed by atoms with van der Waals surface area (Å²) in [6.07, 6.45) is 7.41. The number of thiazole rings is 1. The van der Waals surface area contributed by atoms with Gasteiger partial charge in [-0.3, -0.25) is 4.79 Å². The van der Waals surface area contributed by atoms with Crippen LogP contribution in [0.15, 0.2) is 34.9 Å². The van der Waals surface area contributed by atoms with Gasteiger partial charge >= 0.3 is 10.2 Å². The van der Waals surface area contributed by atoms with E-state index in [1.807, 2.05) is 6.07 Å². The molecule has 5 aliphatic rings. The second-order valence-corrected chi connectivity index (χ2v) is 16.4. The first-order valence-electron chi connectivity index (χ1n) is 16.0. The molecule has 1 amide bonds. The number of aromatic nitrogens is 2. The topological polar surface area (TPSA) is 121 Å². The first-order chi connectivity index (χ1) is 22.7. The molecule has 2 unspecified atom stereocenters. The molecule has 2 saturated carbocycles. The van der Waals surface area contributed by atoms with Gasteiger partial charge in [0, 0.05) is 60.4 Å². The van der Waals surface area contributed by atoms with Gasteiger partial charge in [-0.2, -0.15) is 12.7 Å². The van der Waals surface area contributed by atoms with Crippen molar-refractivity contribution in [2.24, 2.45) is 0 Å². The molecule has 15 heteroatoms. The number of nitrogens with zero attached hydrogens (tertiary/aromatic N) is 4. The van der Waals surface area contributed by atoms with Crippen LogP contribution in [-0.2, 0) is 16.8 Å². The number of piperidine rings is 2. The predicted molar refractivity (Wildman–Crippen MR) is 180 cm³/mol. The fraction of sp³-hybridized carbons (Fsp3) is 0.469. The Morgan fingerprint density at radius 2 is 1.79 bits per heavy atom. The van der Waals surface area contributed by atoms with Crippen LogP contribution < -0.4 is 14.9 Å². The maximum Gasteiger partial charge on any atom is 0.304 e. The molecule has 2 bridgehead atoms. The molecule has 2 atom stereocenters. The molecule has 3 aliphatic heterocycles. The molecular formula is C32H33Cl2FN6O4S2. The van der Waals surface area contributed by atoms with E-state index in [-0.39, 0.29) is 29.2 Å². The fourth-order valence-corrected chi connectivity index (χ4v) is 10.2. The minimum Gasteiger partial charge on any atom is -0.360 e. The van der Waals surface area contributed by atoms with E-state index in [4.69, 9.17) is 27.7 Å². The van der Waals surface area contributed by atoms with E-state index in [0.717, 1.165) is 68.8 Å². The summed E-state index contributed by atoms with van der Waals surface area (Å²) in [7, 11) is -3.99. The quantitative estimate of drug-likeness (QED) is 0.198. The Balaban J connectivity index is 0.954. The van der Waals surface area contributed by atoms with E-state index < -0.39 is 21.9 Å². The van der Waals surface area contributed by atoms with Crippen molar-refractivity contribution in [2.75, 3.05) is 18.0 Å². The summed E-state index contributed by atoms with van der Waals surface area (Å²) in [6.45, 7) is 1.31. The van der Waals surface area contributed by atoms with Gasteiger partial charge in [0.15, 0.2) is 10.9 Å². The van der Waals surface area contributed by atoms with Crippen LogP contribution in [0.3, 0.4) is 0 Å². The number of carbonyl (C=O) groups excluding carboxylic acids is 1. The first kappa shape index (κ1) is 31.5. The molecular weight excluding hydrogens is 686 g/mol.